The van der Waals surface area contributed by atoms with Crippen LogP contribution in [-0.2, 0) is 16.1 Å². The van der Waals surface area contributed by atoms with Crippen LogP contribution in [0.4, 0.5) is 0 Å². The highest BCUT2D eigenvalue weighted by atomic mass is 16.5. The molecule has 8 heteroatoms. The Hall–Kier alpha value is -2.90. The predicted octanol–water partition coefficient (Wildman–Crippen LogP) is 0.324. The highest BCUT2D eigenvalue weighted by molar-refractivity contribution is 5.93. The van der Waals surface area contributed by atoms with Gasteiger partial charge in [0.15, 0.2) is 0 Å². The maximum absolute atomic E-state index is 12.3. The van der Waals surface area contributed by atoms with Gasteiger partial charge in [-0.3, -0.25) is 9.59 Å². The zero-order valence-electron chi connectivity index (χ0n) is 11.5. The largest absolute Gasteiger partial charge is 0.805 e. The summed E-state index contributed by atoms with van der Waals surface area (Å²) in [5.41, 5.74) is -0.481. The monoisotopic (exact) mass is 291 g/mol. The number of hydrogen-bond acceptors (Lipinski definition) is 5. The zero-order valence-corrected chi connectivity index (χ0v) is 11.5. The normalized spacial score (nSPS) is 10.4. The summed E-state index contributed by atoms with van der Waals surface area (Å²) >= 11 is 0. The molecule has 0 aliphatic rings. The molecule has 1 aromatic carbocycles. The molecule has 1 N–H and O–H groups in total. The first kappa shape index (κ1) is 14.5. The fraction of sp³-hybridized carbons (Fsp3) is 0.231. The van der Waals surface area contributed by atoms with Gasteiger partial charge in [-0.25, -0.2) is 0 Å². The van der Waals surface area contributed by atoms with E-state index in [0.29, 0.717) is 9.16 Å². The molecule has 1 amide bonds. The maximum atomic E-state index is 12.3. The zero-order chi connectivity index (χ0) is 15.6. The Kier molecular flexibility index (Phi) is 3.88. The highest BCUT2D eigenvalue weighted by Gasteiger charge is 2.28. The number of fused-ring (bicyclic) bond motifs is 1. The van der Waals surface area contributed by atoms with Gasteiger partial charge in [0, 0.05) is 24.9 Å². The van der Waals surface area contributed by atoms with Crippen LogP contribution in [0, 0.1) is 10.1 Å². The number of amides is 1. The summed E-state index contributed by atoms with van der Waals surface area (Å²) in [6.07, 6.45) is 0. The van der Waals surface area contributed by atoms with Crippen molar-refractivity contribution in [1.82, 2.24) is 10.0 Å². The molecule has 0 fully saturated rings. The summed E-state index contributed by atoms with van der Waals surface area (Å²) in [6, 6.07) is 6.04. The lowest BCUT2D eigenvalue weighted by Crippen LogP contribution is -2.36. The molecular weight excluding hydrogens is 278 g/mol. The topological polar surface area (TPSA) is 106 Å². The number of carbonyl (C=O) groups excluding carboxylic acids is 2. The van der Waals surface area contributed by atoms with Crippen LogP contribution in [0.3, 0.4) is 0 Å². The fourth-order valence-corrected chi connectivity index (χ4v) is 1.93. The standard InChI is InChI=1S/C13H13N3O5/c1-8(17)21-7-11-12(13(18)14-2)16(20)10-6-4-3-5-9(10)15(11)19/h3-6H,7H2,1-2H3,(H,14,18). The van der Waals surface area contributed by atoms with E-state index in [1.807, 2.05) is 0 Å². The average Bonchev–Trinajstić information content (AvgIpc) is 2.48. The Bertz CT molecular complexity index is 781. The van der Waals surface area contributed by atoms with Crippen LogP contribution in [0.2, 0.25) is 0 Å². The van der Waals surface area contributed by atoms with Crippen molar-refractivity contribution in [2.45, 2.75) is 13.5 Å². The van der Waals surface area contributed by atoms with Crippen LogP contribution >= 0.6 is 0 Å². The van der Waals surface area contributed by atoms with Gasteiger partial charge in [0.25, 0.3) is 5.52 Å². The summed E-state index contributed by atoms with van der Waals surface area (Å²) in [7, 11) is 1.34. The molecule has 0 aliphatic carbocycles. The van der Waals surface area contributed by atoms with Gasteiger partial charge in [0.05, 0.1) is 4.43 Å². The quantitative estimate of drug-likeness (QED) is 0.647. The third kappa shape index (κ3) is 2.55. The van der Waals surface area contributed by atoms with Crippen LogP contribution in [0.5, 0.6) is 0 Å². The summed E-state index contributed by atoms with van der Waals surface area (Å²) in [5.74, 6) is -1.36. The van der Waals surface area contributed by atoms with Crippen LogP contribution < -0.4 is 9.74 Å². The van der Waals surface area contributed by atoms with Gasteiger partial charge in [-0.2, -0.15) is 0 Å². The van der Waals surface area contributed by atoms with E-state index in [2.05, 4.69) is 5.32 Å². The molecule has 2 rings (SSSR count). The van der Waals surface area contributed by atoms with E-state index in [4.69, 9.17) is 4.74 Å². The number of rotatable bonds is 3. The van der Waals surface area contributed by atoms with Gasteiger partial charge in [-0.05, 0) is 6.07 Å². The number of benzene rings is 1. The van der Waals surface area contributed by atoms with Gasteiger partial charge in [-0.1, -0.05) is 12.1 Å². The van der Waals surface area contributed by atoms with E-state index in [9.17, 15) is 19.7 Å². The van der Waals surface area contributed by atoms with E-state index >= 15 is 0 Å². The molecule has 0 saturated heterocycles. The minimum absolute atomic E-state index is 0.0534. The lowest BCUT2D eigenvalue weighted by atomic mass is 10.2. The minimum Gasteiger partial charge on any atom is -0.805 e. The lowest BCUT2D eigenvalue weighted by Gasteiger charge is -2.18. The van der Waals surface area contributed by atoms with Gasteiger partial charge < -0.3 is 20.0 Å². The number of hydrogen-bond donors (Lipinski definition) is 1. The van der Waals surface area contributed by atoms with Gasteiger partial charge in [0.1, 0.15) is 17.8 Å². The van der Waals surface area contributed by atoms with Crippen molar-refractivity contribution in [3.8, 4) is 0 Å². The van der Waals surface area contributed by atoms with Gasteiger partial charge in [0.2, 0.25) is 0 Å². The minimum atomic E-state index is -0.734. The smallest absolute Gasteiger partial charge is 0.350 e. The molecule has 0 aliphatic heterocycles. The molecule has 0 saturated carbocycles. The Morgan fingerprint density at radius 3 is 2.67 bits per heavy atom. The molecule has 21 heavy (non-hydrogen) atoms. The summed E-state index contributed by atoms with van der Waals surface area (Å²) in [5, 5.41) is 14.6. The number of carbonyl (C=O) groups is 2. The number of aromatic nitrogens is 2. The Balaban J connectivity index is 2.79. The first-order valence-electron chi connectivity index (χ1n) is 6.09. The van der Waals surface area contributed by atoms with Crippen LogP contribution in [0.25, 0.3) is 11.0 Å². The summed E-state index contributed by atoms with van der Waals surface area (Å²) in [4.78, 5) is 35.1. The first-order chi connectivity index (χ1) is 9.97. The van der Waals surface area contributed by atoms with Crippen molar-refractivity contribution >= 4 is 22.9 Å². The SMILES string of the molecule is CNC(=O)c1c(COC(C)=O)n([O-])c2ccccc2[n+]1=O. The van der Waals surface area contributed by atoms with E-state index in [-0.39, 0.29) is 16.7 Å². The van der Waals surface area contributed by atoms with Crippen molar-refractivity contribution in [2.24, 2.45) is 0 Å². The molecule has 0 atom stereocenters. The molecule has 0 radical (unpaired) electrons. The van der Waals surface area contributed by atoms with E-state index < -0.39 is 24.2 Å². The number of nitrogens with one attached hydrogen (secondary N) is 1. The molecule has 0 spiro atoms. The predicted molar refractivity (Wildman–Crippen MR) is 72.9 cm³/mol. The van der Waals surface area contributed by atoms with Gasteiger partial charge in [-0.15, -0.1) is 0 Å². The van der Waals surface area contributed by atoms with Gasteiger partial charge >= 0.3 is 17.6 Å². The number of para-hydroxylation sites is 2. The van der Waals surface area contributed by atoms with Crippen molar-refractivity contribution in [2.75, 3.05) is 7.05 Å². The second kappa shape index (κ2) is 5.61. The molecule has 0 unspecified atom stereocenters. The Morgan fingerprint density at radius 1 is 1.38 bits per heavy atom. The van der Waals surface area contributed by atoms with Crippen molar-refractivity contribution in [3.63, 3.8) is 0 Å². The number of esters is 1. The molecular formula is C13H13N3O5. The number of nitrogens with zero attached hydrogens (tertiary/aromatic N) is 2. The molecule has 110 valence electrons. The van der Waals surface area contributed by atoms with Crippen molar-refractivity contribution in [3.05, 3.63) is 45.8 Å². The average molecular weight is 291 g/mol. The molecule has 0 bridgehead atoms. The lowest BCUT2D eigenvalue weighted by molar-refractivity contribution is -0.468. The Labute approximate surface area is 119 Å². The van der Waals surface area contributed by atoms with E-state index in [0.717, 1.165) is 0 Å². The third-order valence-corrected chi connectivity index (χ3v) is 2.90. The first-order valence-corrected chi connectivity index (χ1v) is 6.09. The molecule has 8 nitrogen and oxygen atoms in total. The highest BCUT2D eigenvalue weighted by Crippen LogP contribution is 2.15. The molecule has 1 aromatic heterocycles. The van der Waals surface area contributed by atoms with E-state index in [1.54, 1.807) is 12.1 Å². The van der Waals surface area contributed by atoms with Crippen molar-refractivity contribution in [1.29, 1.82) is 0 Å². The van der Waals surface area contributed by atoms with Crippen molar-refractivity contribution < 1.29 is 18.8 Å². The molecule has 1 heterocycles. The second-order valence-corrected chi connectivity index (χ2v) is 4.23. The summed E-state index contributed by atoms with van der Waals surface area (Å²) < 4.78 is 5.55. The van der Waals surface area contributed by atoms with Crippen LogP contribution in [0.15, 0.2) is 24.3 Å². The molecule has 2 aromatic rings. The second-order valence-electron chi connectivity index (χ2n) is 4.23. The van der Waals surface area contributed by atoms with E-state index in [1.165, 1.54) is 26.1 Å². The summed E-state index contributed by atoms with van der Waals surface area (Å²) in [6.45, 7) is 0.704. The van der Waals surface area contributed by atoms with Crippen LogP contribution in [-0.4, -0.2) is 23.7 Å². The fourth-order valence-electron chi connectivity index (χ4n) is 1.93. The number of ether oxygens (including phenoxy) is 1. The van der Waals surface area contributed by atoms with Crippen LogP contribution in [0.1, 0.15) is 23.1 Å². The Morgan fingerprint density at radius 2 is 2.05 bits per heavy atom. The third-order valence-electron chi connectivity index (χ3n) is 2.90. The maximum Gasteiger partial charge on any atom is 0.350 e.